The maximum absolute atomic E-state index is 12.3. The highest BCUT2D eigenvalue weighted by atomic mass is 79.9. The fourth-order valence-electron chi connectivity index (χ4n) is 5.30. The first-order valence-corrected chi connectivity index (χ1v) is 11.8. The van der Waals surface area contributed by atoms with Crippen LogP contribution < -0.4 is 4.90 Å². The molecule has 28 heavy (non-hydrogen) atoms. The zero-order chi connectivity index (χ0) is 19.5. The van der Waals surface area contributed by atoms with Gasteiger partial charge in [0, 0.05) is 48.0 Å². The smallest absolute Gasteiger partial charge is 0.144 e. The fraction of sp³-hybridized carbons (Fsp3) is 0.652. The Morgan fingerprint density at radius 3 is 2.36 bits per heavy atom. The molecule has 1 aliphatic carbocycles. The summed E-state index contributed by atoms with van der Waals surface area (Å²) in [7, 11) is 0. The van der Waals surface area contributed by atoms with Crippen LogP contribution in [0.5, 0.6) is 0 Å². The molecule has 1 saturated heterocycles. The lowest BCUT2D eigenvalue weighted by Gasteiger charge is -2.43. The summed E-state index contributed by atoms with van der Waals surface area (Å²) in [6.45, 7) is 6.60. The summed E-state index contributed by atoms with van der Waals surface area (Å²) in [6.07, 6.45) is 14.7. The molecule has 1 aromatic rings. The zero-order valence-electron chi connectivity index (χ0n) is 16.8. The summed E-state index contributed by atoms with van der Waals surface area (Å²) in [5.41, 5.74) is 2.91. The molecule has 1 saturated carbocycles. The van der Waals surface area contributed by atoms with Gasteiger partial charge in [-0.3, -0.25) is 9.78 Å². The van der Waals surface area contributed by atoms with Crippen LogP contribution in [0.25, 0.3) is 0 Å². The van der Waals surface area contributed by atoms with Crippen molar-refractivity contribution >= 4 is 27.4 Å². The van der Waals surface area contributed by atoms with Gasteiger partial charge < -0.3 is 9.80 Å². The highest BCUT2D eigenvalue weighted by Crippen LogP contribution is 2.36. The maximum atomic E-state index is 12.3. The second kappa shape index (κ2) is 9.08. The Morgan fingerprint density at radius 2 is 1.64 bits per heavy atom. The van der Waals surface area contributed by atoms with Gasteiger partial charge in [0.25, 0.3) is 0 Å². The first-order chi connectivity index (χ1) is 13.6. The number of hydrogen-bond donors (Lipinski definition) is 0. The third kappa shape index (κ3) is 4.51. The molecule has 0 atom stereocenters. The Morgan fingerprint density at radius 1 is 0.964 bits per heavy atom. The van der Waals surface area contributed by atoms with Gasteiger partial charge in [-0.2, -0.15) is 0 Å². The number of aromatic nitrogens is 1. The standard InChI is InChI=1S/C23H32BrN3O/c1-17-13-21(28)15-22-23(14-18(24)16-25-22)27(17)20-9-11-26(12-10-20)19-7-5-3-2-4-6-8-19/h14,16,19-20H,1-13,15H2. The first kappa shape index (κ1) is 20.1. The highest BCUT2D eigenvalue weighted by Gasteiger charge is 2.33. The minimum atomic E-state index is 0.218. The van der Waals surface area contributed by atoms with E-state index in [2.05, 4.69) is 43.4 Å². The van der Waals surface area contributed by atoms with Crippen molar-refractivity contribution in [1.82, 2.24) is 9.88 Å². The average molecular weight is 446 g/mol. The predicted molar refractivity (Wildman–Crippen MR) is 118 cm³/mol. The lowest BCUT2D eigenvalue weighted by molar-refractivity contribution is -0.117. The Hall–Kier alpha value is -1.20. The monoisotopic (exact) mass is 445 g/mol. The molecular weight excluding hydrogens is 414 g/mol. The summed E-state index contributed by atoms with van der Waals surface area (Å²) in [5.74, 6) is 0.218. The van der Waals surface area contributed by atoms with Crippen molar-refractivity contribution in [1.29, 1.82) is 0 Å². The second-order valence-electron chi connectivity index (χ2n) is 8.71. The van der Waals surface area contributed by atoms with Crippen LogP contribution in [0.3, 0.4) is 0 Å². The van der Waals surface area contributed by atoms with E-state index in [1.54, 1.807) is 6.20 Å². The summed E-state index contributed by atoms with van der Waals surface area (Å²) in [4.78, 5) is 22.0. The SMILES string of the molecule is C=C1CC(=O)Cc2ncc(Br)cc2N1C1CCN(C2CCCCCCC2)CC1. The van der Waals surface area contributed by atoms with Crippen LogP contribution in [0.2, 0.25) is 0 Å². The Kier molecular flexibility index (Phi) is 6.52. The molecule has 0 bridgehead atoms. The number of allylic oxidation sites excluding steroid dienone is 1. The van der Waals surface area contributed by atoms with Gasteiger partial charge in [-0.05, 0) is 47.7 Å². The minimum Gasteiger partial charge on any atom is -0.341 e. The molecule has 0 unspecified atom stereocenters. The molecule has 2 fully saturated rings. The quantitative estimate of drug-likeness (QED) is 0.621. The van der Waals surface area contributed by atoms with E-state index in [9.17, 15) is 4.79 Å². The van der Waals surface area contributed by atoms with E-state index < -0.39 is 0 Å². The predicted octanol–water partition coefficient (Wildman–Crippen LogP) is 5.26. The van der Waals surface area contributed by atoms with Crippen LogP contribution in [0.1, 0.15) is 69.9 Å². The van der Waals surface area contributed by atoms with E-state index in [-0.39, 0.29) is 5.78 Å². The van der Waals surface area contributed by atoms with E-state index in [1.807, 2.05) is 0 Å². The molecule has 0 radical (unpaired) electrons. The van der Waals surface area contributed by atoms with Crippen LogP contribution in [0, 0.1) is 0 Å². The van der Waals surface area contributed by atoms with Gasteiger partial charge in [0.2, 0.25) is 0 Å². The van der Waals surface area contributed by atoms with Gasteiger partial charge in [-0.25, -0.2) is 0 Å². The van der Waals surface area contributed by atoms with Crippen LogP contribution in [0.4, 0.5) is 5.69 Å². The Bertz CT molecular complexity index is 719. The topological polar surface area (TPSA) is 36.4 Å². The number of anilines is 1. The maximum Gasteiger partial charge on any atom is 0.144 e. The summed E-state index contributed by atoms with van der Waals surface area (Å²) in [5, 5.41) is 0. The summed E-state index contributed by atoms with van der Waals surface area (Å²) < 4.78 is 0.963. The third-order valence-corrected chi connectivity index (χ3v) is 7.17. The van der Waals surface area contributed by atoms with E-state index >= 15 is 0 Å². The van der Waals surface area contributed by atoms with Gasteiger partial charge in [0.1, 0.15) is 5.78 Å². The van der Waals surface area contributed by atoms with E-state index in [0.717, 1.165) is 53.5 Å². The van der Waals surface area contributed by atoms with Gasteiger partial charge in [0.15, 0.2) is 0 Å². The number of halogens is 1. The van der Waals surface area contributed by atoms with E-state index in [0.29, 0.717) is 18.9 Å². The third-order valence-electron chi connectivity index (χ3n) is 6.74. The van der Waals surface area contributed by atoms with Crippen LogP contribution in [-0.2, 0) is 11.2 Å². The number of carbonyl (C=O) groups is 1. The second-order valence-corrected chi connectivity index (χ2v) is 9.63. The molecule has 1 aromatic heterocycles. The molecule has 152 valence electrons. The van der Waals surface area contributed by atoms with Gasteiger partial charge in [0.05, 0.1) is 17.8 Å². The lowest BCUT2D eigenvalue weighted by Crippen LogP contribution is -2.48. The van der Waals surface area contributed by atoms with Crippen molar-refractivity contribution in [2.45, 2.75) is 82.7 Å². The van der Waals surface area contributed by atoms with Gasteiger partial charge in [-0.15, -0.1) is 0 Å². The van der Waals surface area contributed by atoms with Crippen LogP contribution >= 0.6 is 15.9 Å². The number of fused-ring (bicyclic) bond motifs is 1. The first-order valence-electron chi connectivity index (χ1n) is 11.0. The molecule has 5 heteroatoms. The van der Waals surface area contributed by atoms with Crippen molar-refractivity contribution in [2.24, 2.45) is 0 Å². The lowest BCUT2D eigenvalue weighted by atomic mass is 9.93. The van der Waals surface area contributed by atoms with Crippen molar-refractivity contribution in [3.63, 3.8) is 0 Å². The summed E-state index contributed by atoms with van der Waals surface area (Å²) in [6, 6.07) is 3.31. The number of ketones is 1. The Balaban J connectivity index is 1.48. The van der Waals surface area contributed by atoms with Crippen molar-refractivity contribution < 1.29 is 4.79 Å². The molecule has 3 heterocycles. The highest BCUT2D eigenvalue weighted by molar-refractivity contribution is 9.10. The molecular formula is C23H32BrN3O. The molecule has 2 aliphatic heterocycles. The molecule has 3 aliphatic rings. The molecule has 0 amide bonds. The number of nitrogens with zero attached hydrogens (tertiary/aromatic N) is 3. The normalized spacial score (nSPS) is 23.8. The minimum absolute atomic E-state index is 0.218. The summed E-state index contributed by atoms with van der Waals surface area (Å²) >= 11 is 3.57. The fourth-order valence-corrected chi connectivity index (χ4v) is 5.62. The zero-order valence-corrected chi connectivity index (χ0v) is 18.4. The molecule has 0 spiro atoms. The number of pyridine rings is 1. The van der Waals surface area contributed by atoms with Crippen molar-refractivity contribution in [3.8, 4) is 0 Å². The molecule has 0 N–H and O–H groups in total. The van der Waals surface area contributed by atoms with Crippen molar-refractivity contribution in [3.05, 3.63) is 34.7 Å². The van der Waals surface area contributed by atoms with Crippen LogP contribution in [0.15, 0.2) is 29.0 Å². The molecule has 0 aromatic carbocycles. The molecule has 4 rings (SSSR count). The average Bonchev–Trinajstić information content (AvgIpc) is 2.76. The Labute approximate surface area is 177 Å². The van der Waals surface area contributed by atoms with Crippen LogP contribution in [-0.4, -0.2) is 40.8 Å². The van der Waals surface area contributed by atoms with Crippen molar-refractivity contribution in [2.75, 3.05) is 18.0 Å². The number of Topliss-reactive ketones (excluding diaryl/α,β-unsaturated/α-hetero) is 1. The van der Waals surface area contributed by atoms with Gasteiger partial charge >= 0.3 is 0 Å². The van der Waals surface area contributed by atoms with Gasteiger partial charge in [-0.1, -0.05) is 38.7 Å². The number of rotatable bonds is 2. The number of likely N-dealkylation sites (tertiary alicyclic amines) is 1. The number of carbonyl (C=O) groups excluding carboxylic acids is 1. The number of piperidine rings is 1. The molecule has 4 nitrogen and oxygen atoms in total. The van der Waals surface area contributed by atoms with E-state index in [4.69, 9.17) is 0 Å². The largest absolute Gasteiger partial charge is 0.341 e. The van der Waals surface area contributed by atoms with E-state index in [1.165, 1.54) is 44.9 Å². The number of hydrogen-bond acceptors (Lipinski definition) is 4.